The number of H-pyrrole nitrogens is 2. The van der Waals surface area contributed by atoms with E-state index < -0.39 is 0 Å². The molecule has 1 aliphatic rings. The number of aromatic nitrogens is 3. The normalized spacial score (nSPS) is 16.0. The molecule has 28 heavy (non-hydrogen) atoms. The van der Waals surface area contributed by atoms with Gasteiger partial charge in [-0.05, 0) is 55.8 Å². The monoisotopic (exact) mass is 390 g/mol. The molecule has 2 N–H and O–H groups in total. The Balaban J connectivity index is 1.23. The molecule has 5 heteroatoms. The van der Waals surface area contributed by atoms with Gasteiger partial charge in [0.15, 0.2) is 0 Å². The van der Waals surface area contributed by atoms with E-state index in [9.17, 15) is 0 Å². The molecule has 0 amide bonds. The summed E-state index contributed by atoms with van der Waals surface area (Å²) < 4.78 is 0. The SMILES string of the molecule is Clc1ccc(-c2cc(C3CCN(Cc4c[nH]c5ccccc45)CC3)[nH]n2)cc1. The van der Waals surface area contributed by atoms with Gasteiger partial charge in [0, 0.05) is 45.8 Å². The van der Waals surface area contributed by atoms with Crippen molar-refractivity contribution in [2.24, 2.45) is 0 Å². The van der Waals surface area contributed by atoms with E-state index in [0.29, 0.717) is 5.92 Å². The first kappa shape index (κ1) is 17.5. The van der Waals surface area contributed by atoms with Gasteiger partial charge in [-0.25, -0.2) is 0 Å². The summed E-state index contributed by atoms with van der Waals surface area (Å²) in [5, 5.41) is 9.88. The van der Waals surface area contributed by atoms with Crippen LogP contribution in [0, 0.1) is 0 Å². The Morgan fingerprint density at radius 1 is 1.04 bits per heavy atom. The van der Waals surface area contributed by atoms with Crippen molar-refractivity contribution in [1.29, 1.82) is 0 Å². The number of nitrogens with one attached hydrogen (secondary N) is 2. The molecule has 4 aromatic rings. The summed E-state index contributed by atoms with van der Waals surface area (Å²) in [5.74, 6) is 0.549. The van der Waals surface area contributed by atoms with Crippen molar-refractivity contribution in [3.05, 3.63) is 77.1 Å². The predicted molar refractivity (Wildman–Crippen MR) is 115 cm³/mol. The number of nitrogens with zero attached hydrogens (tertiary/aromatic N) is 2. The lowest BCUT2D eigenvalue weighted by Crippen LogP contribution is -2.32. The van der Waals surface area contributed by atoms with Gasteiger partial charge in [-0.3, -0.25) is 10.00 Å². The van der Waals surface area contributed by atoms with Crippen molar-refractivity contribution >= 4 is 22.5 Å². The number of hydrogen-bond donors (Lipinski definition) is 2. The first-order chi connectivity index (χ1) is 13.8. The van der Waals surface area contributed by atoms with Gasteiger partial charge in [-0.2, -0.15) is 5.10 Å². The molecule has 3 heterocycles. The van der Waals surface area contributed by atoms with Crippen LogP contribution in [0.15, 0.2) is 60.8 Å². The fraction of sp³-hybridized carbons (Fsp3) is 0.261. The Labute approximate surface area is 169 Å². The van der Waals surface area contributed by atoms with Crippen molar-refractivity contribution in [1.82, 2.24) is 20.1 Å². The second kappa shape index (κ2) is 7.46. The van der Waals surface area contributed by atoms with E-state index in [0.717, 1.165) is 48.8 Å². The van der Waals surface area contributed by atoms with Crippen molar-refractivity contribution < 1.29 is 0 Å². The number of para-hydroxylation sites is 1. The Hall–Kier alpha value is -2.56. The molecule has 4 nitrogen and oxygen atoms in total. The molecule has 0 radical (unpaired) electrons. The van der Waals surface area contributed by atoms with Crippen LogP contribution >= 0.6 is 11.6 Å². The van der Waals surface area contributed by atoms with E-state index >= 15 is 0 Å². The molecule has 0 saturated carbocycles. The summed E-state index contributed by atoms with van der Waals surface area (Å²) in [6.07, 6.45) is 4.47. The van der Waals surface area contributed by atoms with Crippen LogP contribution < -0.4 is 0 Å². The van der Waals surface area contributed by atoms with Gasteiger partial charge in [0.25, 0.3) is 0 Å². The van der Waals surface area contributed by atoms with Crippen LogP contribution in [0.1, 0.15) is 30.0 Å². The highest BCUT2D eigenvalue weighted by Crippen LogP contribution is 2.31. The van der Waals surface area contributed by atoms with E-state index in [2.05, 4.69) is 56.6 Å². The molecule has 2 aromatic heterocycles. The third-order valence-corrected chi connectivity index (χ3v) is 6.09. The number of benzene rings is 2. The van der Waals surface area contributed by atoms with Crippen LogP contribution in [-0.4, -0.2) is 33.2 Å². The van der Waals surface area contributed by atoms with Gasteiger partial charge in [-0.1, -0.05) is 41.9 Å². The van der Waals surface area contributed by atoms with Gasteiger partial charge in [0.2, 0.25) is 0 Å². The standard InChI is InChI=1S/C23H23ClN4/c24-19-7-5-16(6-8-19)22-13-23(27-26-22)17-9-11-28(12-10-17)15-18-14-25-21-4-2-1-3-20(18)21/h1-8,13-14,17,25H,9-12,15H2,(H,26,27). The molecule has 0 spiro atoms. The Bertz CT molecular complexity index is 1070. The van der Waals surface area contributed by atoms with Gasteiger partial charge in [0.1, 0.15) is 0 Å². The highest BCUT2D eigenvalue weighted by Gasteiger charge is 2.23. The molecule has 5 rings (SSSR count). The predicted octanol–water partition coefficient (Wildman–Crippen LogP) is 5.59. The van der Waals surface area contributed by atoms with E-state index in [1.165, 1.54) is 22.2 Å². The third-order valence-electron chi connectivity index (χ3n) is 5.83. The summed E-state index contributed by atoms with van der Waals surface area (Å²) in [7, 11) is 0. The van der Waals surface area contributed by atoms with Crippen molar-refractivity contribution in [2.45, 2.75) is 25.3 Å². The molecular formula is C23H23ClN4. The van der Waals surface area contributed by atoms with E-state index in [4.69, 9.17) is 11.6 Å². The minimum atomic E-state index is 0.549. The molecule has 0 unspecified atom stereocenters. The van der Waals surface area contributed by atoms with Gasteiger partial charge in [-0.15, -0.1) is 0 Å². The van der Waals surface area contributed by atoms with E-state index in [-0.39, 0.29) is 0 Å². The highest BCUT2D eigenvalue weighted by molar-refractivity contribution is 6.30. The molecule has 0 aliphatic carbocycles. The lowest BCUT2D eigenvalue weighted by Gasteiger charge is -2.31. The van der Waals surface area contributed by atoms with Gasteiger partial charge < -0.3 is 4.98 Å². The summed E-state index contributed by atoms with van der Waals surface area (Å²) >= 11 is 5.99. The summed E-state index contributed by atoms with van der Waals surface area (Å²) in [4.78, 5) is 5.94. The largest absolute Gasteiger partial charge is 0.361 e. The topological polar surface area (TPSA) is 47.7 Å². The maximum atomic E-state index is 5.99. The Morgan fingerprint density at radius 2 is 1.82 bits per heavy atom. The lowest BCUT2D eigenvalue weighted by molar-refractivity contribution is 0.204. The number of rotatable bonds is 4. The van der Waals surface area contributed by atoms with E-state index in [1.807, 2.05) is 24.3 Å². The number of fused-ring (bicyclic) bond motifs is 1. The number of aromatic amines is 2. The number of likely N-dealkylation sites (tertiary alicyclic amines) is 1. The zero-order valence-electron chi connectivity index (χ0n) is 15.7. The van der Waals surface area contributed by atoms with Crippen LogP contribution in [0.3, 0.4) is 0 Å². The van der Waals surface area contributed by atoms with Crippen LogP contribution in [-0.2, 0) is 6.54 Å². The molecule has 142 valence electrons. The van der Waals surface area contributed by atoms with Crippen LogP contribution in [0.5, 0.6) is 0 Å². The number of piperidine rings is 1. The first-order valence-electron chi connectivity index (χ1n) is 9.85. The minimum Gasteiger partial charge on any atom is -0.361 e. The summed E-state index contributed by atoms with van der Waals surface area (Å²) in [6, 6.07) is 18.6. The summed E-state index contributed by atoms with van der Waals surface area (Å²) in [5.41, 5.74) is 5.95. The molecule has 0 atom stereocenters. The summed E-state index contributed by atoms with van der Waals surface area (Å²) in [6.45, 7) is 3.23. The lowest BCUT2D eigenvalue weighted by atomic mass is 9.93. The molecule has 2 aromatic carbocycles. The fourth-order valence-corrected chi connectivity index (χ4v) is 4.35. The van der Waals surface area contributed by atoms with Crippen molar-refractivity contribution in [3.8, 4) is 11.3 Å². The fourth-order valence-electron chi connectivity index (χ4n) is 4.22. The van der Waals surface area contributed by atoms with Gasteiger partial charge >= 0.3 is 0 Å². The minimum absolute atomic E-state index is 0.549. The third kappa shape index (κ3) is 3.46. The maximum Gasteiger partial charge on any atom is 0.0923 e. The second-order valence-corrected chi connectivity index (χ2v) is 8.06. The zero-order chi connectivity index (χ0) is 18.9. The molecule has 1 aliphatic heterocycles. The zero-order valence-corrected chi connectivity index (χ0v) is 16.4. The Kier molecular flexibility index (Phi) is 4.67. The van der Waals surface area contributed by atoms with Gasteiger partial charge in [0.05, 0.1) is 5.69 Å². The average molecular weight is 391 g/mol. The first-order valence-corrected chi connectivity index (χ1v) is 10.2. The number of hydrogen-bond acceptors (Lipinski definition) is 2. The smallest absolute Gasteiger partial charge is 0.0923 e. The maximum absolute atomic E-state index is 5.99. The van der Waals surface area contributed by atoms with Crippen LogP contribution in [0.4, 0.5) is 0 Å². The Morgan fingerprint density at radius 3 is 2.64 bits per heavy atom. The highest BCUT2D eigenvalue weighted by atomic mass is 35.5. The van der Waals surface area contributed by atoms with Crippen molar-refractivity contribution in [2.75, 3.05) is 13.1 Å². The second-order valence-electron chi connectivity index (χ2n) is 7.63. The van der Waals surface area contributed by atoms with E-state index in [1.54, 1.807) is 0 Å². The van der Waals surface area contributed by atoms with Crippen LogP contribution in [0.25, 0.3) is 22.2 Å². The molecular weight excluding hydrogens is 368 g/mol. The van der Waals surface area contributed by atoms with Crippen LogP contribution in [0.2, 0.25) is 5.02 Å². The number of halogens is 1. The molecule has 1 saturated heterocycles. The average Bonchev–Trinajstić information content (AvgIpc) is 3.37. The van der Waals surface area contributed by atoms with Crippen molar-refractivity contribution in [3.63, 3.8) is 0 Å². The quantitative estimate of drug-likeness (QED) is 0.477. The molecule has 0 bridgehead atoms. The molecule has 1 fully saturated rings.